The topological polar surface area (TPSA) is 40.6 Å². The predicted octanol–water partition coefficient (Wildman–Crippen LogP) is 0.762. The molecule has 2 amide bonds. The van der Waals surface area contributed by atoms with Crippen LogP contribution < -0.4 is 0 Å². The van der Waals surface area contributed by atoms with Crippen LogP contribution in [-0.2, 0) is 9.59 Å². The van der Waals surface area contributed by atoms with Crippen molar-refractivity contribution in [1.29, 1.82) is 0 Å². The maximum atomic E-state index is 12.5. The fourth-order valence-electron chi connectivity index (χ4n) is 3.60. The third-order valence-corrected chi connectivity index (χ3v) is 4.69. The Hall–Kier alpha value is -1.06. The van der Waals surface area contributed by atoms with Crippen molar-refractivity contribution in [3.63, 3.8) is 0 Å². The molecule has 2 atom stereocenters. The number of fused-ring (bicyclic) bond motifs is 2. The van der Waals surface area contributed by atoms with Gasteiger partial charge in [0.1, 0.15) is 11.1 Å². The van der Waals surface area contributed by atoms with Crippen molar-refractivity contribution in [3.05, 3.63) is 0 Å². The Labute approximate surface area is 95.6 Å². The van der Waals surface area contributed by atoms with Crippen molar-refractivity contribution in [2.75, 3.05) is 13.1 Å². The Balaban J connectivity index is 2.09. The van der Waals surface area contributed by atoms with E-state index in [1.165, 1.54) is 0 Å². The van der Waals surface area contributed by atoms with E-state index in [9.17, 15) is 9.59 Å². The number of amides is 2. The summed E-state index contributed by atoms with van der Waals surface area (Å²) in [6.07, 6.45) is 3.56. The van der Waals surface area contributed by atoms with E-state index in [1.807, 2.05) is 23.6 Å². The Kier molecular flexibility index (Phi) is 1.76. The number of piperazine rings is 1. The first-order valence-corrected chi connectivity index (χ1v) is 6.14. The summed E-state index contributed by atoms with van der Waals surface area (Å²) < 4.78 is 0. The predicted molar refractivity (Wildman–Crippen MR) is 58.7 cm³/mol. The average molecular weight is 222 g/mol. The molecule has 0 saturated carbocycles. The summed E-state index contributed by atoms with van der Waals surface area (Å²) in [6.45, 7) is 5.37. The normalized spacial score (nSPS) is 42.6. The summed E-state index contributed by atoms with van der Waals surface area (Å²) in [5.74, 6) is 0.342. The summed E-state index contributed by atoms with van der Waals surface area (Å²) in [4.78, 5) is 28.6. The molecule has 0 spiro atoms. The van der Waals surface area contributed by atoms with E-state index in [2.05, 4.69) is 0 Å². The SMILES string of the molecule is CC12CCCN1C(=O)C1(C)CCCN1C2=O. The molecule has 0 bridgehead atoms. The minimum atomic E-state index is -0.541. The second-order valence-corrected chi connectivity index (χ2v) is 5.67. The lowest BCUT2D eigenvalue weighted by Gasteiger charge is -2.50. The van der Waals surface area contributed by atoms with Crippen molar-refractivity contribution in [1.82, 2.24) is 9.80 Å². The first-order chi connectivity index (χ1) is 7.50. The Bertz CT molecular complexity index is 345. The lowest BCUT2D eigenvalue weighted by Crippen LogP contribution is -2.71. The van der Waals surface area contributed by atoms with E-state index in [4.69, 9.17) is 0 Å². The smallest absolute Gasteiger partial charge is 0.249 e. The van der Waals surface area contributed by atoms with Crippen molar-refractivity contribution >= 4 is 11.8 Å². The molecule has 16 heavy (non-hydrogen) atoms. The Morgan fingerprint density at radius 3 is 1.62 bits per heavy atom. The Morgan fingerprint density at radius 1 is 0.875 bits per heavy atom. The van der Waals surface area contributed by atoms with Crippen LogP contribution in [0.5, 0.6) is 0 Å². The van der Waals surface area contributed by atoms with Gasteiger partial charge in [0.2, 0.25) is 11.8 Å². The van der Waals surface area contributed by atoms with Gasteiger partial charge in [0.15, 0.2) is 0 Å². The molecule has 0 radical (unpaired) electrons. The van der Waals surface area contributed by atoms with Gasteiger partial charge in [-0.25, -0.2) is 0 Å². The summed E-state index contributed by atoms with van der Waals surface area (Å²) >= 11 is 0. The molecule has 0 aromatic carbocycles. The van der Waals surface area contributed by atoms with Gasteiger partial charge in [0.25, 0.3) is 0 Å². The molecule has 0 aliphatic carbocycles. The highest BCUT2D eigenvalue weighted by molar-refractivity contribution is 6.02. The van der Waals surface area contributed by atoms with Crippen LogP contribution in [0.4, 0.5) is 0 Å². The molecule has 3 heterocycles. The van der Waals surface area contributed by atoms with E-state index in [1.54, 1.807) is 0 Å². The number of hydrogen-bond acceptors (Lipinski definition) is 2. The van der Waals surface area contributed by atoms with Crippen LogP contribution in [0.1, 0.15) is 39.5 Å². The monoisotopic (exact) mass is 222 g/mol. The van der Waals surface area contributed by atoms with Gasteiger partial charge in [0, 0.05) is 13.1 Å². The maximum Gasteiger partial charge on any atom is 0.249 e. The molecule has 3 aliphatic heterocycles. The zero-order valence-electron chi connectivity index (χ0n) is 9.95. The second kappa shape index (κ2) is 2.79. The maximum absolute atomic E-state index is 12.5. The van der Waals surface area contributed by atoms with Crippen molar-refractivity contribution < 1.29 is 9.59 Å². The van der Waals surface area contributed by atoms with Crippen LogP contribution in [0.2, 0.25) is 0 Å². The van der Waals surface area contributed by atoms with E-state index < -0.39 is 11.1 Å². The van der Waals surface area contributed by atoms with E-state index in [-0.39, 0.29) is 11.8 Å². The van der Waals surface area contributed by atoms with E-state index >= 15 is 0 Å². The van der Waals surface area contributed by atoms with E-state index in [0.29, 0.717) is 0 Å². The van der Waals surface area contributed by atoms with Crippen LogP contribution in [0.3, 0.4) is 0 Å². The molecule has 0 N–H and O–H groups in total. The fraction of sp³-hybridized carbons (Fsp3) is 0.833. The molecule has 88 valence electrons. The van der Waals surface area contributed by atoms with Gasteiger partial charge in [-0.3, -0.25) is 9.59 Å². The van der Waals surface area contributed by atoms with E-state index in [0.717, 1.165) is 38.8 Å². The number of hydrogen-bond donors (Lipinski definition) is 0. The largest absolute Gasteiger partial charge is 0.326 e. The van der Waals surface area contributed by atoms with Gasteiger partial charge in [-0.2, -0.15) is 0 Å². The molecule has 3 fully saturated rings. The van der Waals surface area contributed by atoms with Gasteiger partial charge < -0.3 is 9.80 Å². The average Bonchev–Trinajstić information content (AvgIpc) is 2.81. The molecule has 3 aliphatic rings. The molecule has 3 saturated heterocycles. The summed E-state index contributed by atoms with van der Waals surface area (Å²) in [7, 11) is 0. The Morgan fingerprint density at radius 2 is 1.25 bits per heavy atom. The molecule has 2 unspecified atom stereocenters. The van der Waals surface area contributed by atoms with Crippen LogP contribution in [0.15, 0.2) is 0 Å². The molecule has 0 aromatic rings. The van der Waals surface area contributed by atoms with Gasteiger partial charge in [-0.05, 0) is 39.5 Å². The van der Waals surface area contributed by atoms with Crippen LogP contribution in [0.25, 0.3) is 0 Å². The first-order valence-electron chi connectivity index (χ1n) is 6.14. The summed E-state index contributed by atoms with van der Waals surface area (Å²) in [5.41, 5.74) is -1.08. The van der Waals surface area contributed by atoms with Crippen LogP contribution in [0, 0.1) is 0 Å². The quantitative estimate of drug-likeness (QED) is 0.607. The molecule has 4 nitrogen and oxygen atoms in total. The standard InChI is InChI=1S/C12H18N2O2/c1-11-5-3-7-13(11)10(16)12(2)6-4-8-14(12)9(11)15/h3-8H2,1-2H3. The third-order valence-electron chi connectivity index (χ3n) is 4.69. The van der Waals surface area contributed by atoms with Gasteiger partial charge in [0.05, 0.1) is 0 Å². The van der Waals surface area contributed by atoms with Crippen molar-refractivity contribution in [2.45, 2.75) is 50.6 Å². The lowest BCUT2D eigenvalue weighted by molar-refractivity contribution is -0.171. The van der Waals surface area contributed by atoms with Gasteiger partial charge in [-0.1, -0.05) is 0 Å². The summed E-state index contributed by atoms with van der Waals surface area (Å²) in [5, 5.41) is 0. The zero-order chi connectivity index (χ0) is 11.6. The third kappa shape index (κ3) is 0.913. The van der Waals surface area contributed by atoms with Gasteiger partial charge in [-0.15, -0.1) is 0 Å². The first kappa shape index (κ1) is 10.1. The zero-order valence-corrected chi connectivity index (χ0v) is 9.95. The van der Waals surface area contributed by atoms with Crippen molar-refractivity contribution in [3.8, 4) is 0 Å². The van der Waals surface area contributed by atoms with Gasteiger partial charge >= 0.3 is 0 Å². The lowest BCUT2D eigenvalue weighted by atomic mass is 9.86. The molecular weight excluding hydrogens is 204 g/mol. The number of carbonyl (C=O) groups is 2. The number of nitrogens with zero attached hydrogens (tertiary/aromatic N) is 2. The second-order valence-electron chi connectivity index (χ2n) is 5.67. The highest BCUT2D eigenvalue weighted by atomic mass is 16.2. The minimum Gasteiger partial charge on any atom is -0.326 e. The molecule has 0 aromatic heterocycles. The van der Waals surface area contributed by atoms with Crippen LogP contribution in [-0.4, -0.2) is 45.8 Å². The molecule has 3 rings (SSSR count). The van der Waals surface area contributed by atoms with Crippen molar-refractivity contribution in [2.24, 2.45) is 0 Å². The molecular formula is C12H18N2O2. The highest BCUT2D eigenvalue weighted by Gasteiger charge is 2.61. The number of carbonyl (C=O) groups excluding carboxylic acids is 2. The number of rotatable bonds is 0. The fourth-order valence-corrected chi connectivity index (χ4v) is 3.60. The summed E-state index contributed by atoms with van der Waals surface area (Å²) in [6, 6.07) is 0. The minimum absolute atomic E-state index is 0.171. The van der Waals surface area contributed by atoms with Crippen LogP contribution >= 0.6 is 0 Å². The molecule has 4 heteroatoms. The highest BCUT2D eigenvalue weighted by Crippen LogP contribution is 2.44.